The summed E-state index contributed by atoms with van der Waals surface area (Å²) in [5, 5.41) is 7.53. The fourth-order valence-corrected chi connectivity index (χ4v) is 5.23. The van der Waals surface area contributed by atoms with Crippen LogP contribution in [0.4, 0.5) is 5.69 Å². The zero-order chi connectivity index (χ0) is 28.3. The maximum absolute atomic E-state index is 13.2. The number of nitrogens with zero attached hydrogens (tertiary/aromatic N) is 4. The van der Waals surface area contributed by atoms with Crippen LogP contribution in [0.3, 0.4) is 0 Å². The molecule has 0 N–H and O–H groups in total. The van der Waals surface area contributed by atoms with Crippen molar-refractivity contribution >= 4 is 41.0 Å². The van der Waals surface area contributed by atoms with E-state index in [1.54, 1.807) is 42.5 Å². The number of ketones is 1. The number of imide groups is 1. The predicted molar refractivity (Wildman–Crippen MR) is 146 cm³/mol. The minimum atomic E-state index is -0.745. The molecule has 11 nitrogen and oxygen atoms in total. The van der Waals surface area contributed by atoms with Crippen LogP contribution in [0.25, 0.3) is 11.3 Å². The van der Waals surface area contributed by atoms with Crippen LogP contribution in [0.2, 0.25) is 0 Å². The number of benzene rings is 3. The molecule has 0 saturated carbocycles. The quantitative estimate of drug-likeness (QED) is 0.175. The van der Waals surface area contributed by atoms with Crippen LogP contribution in [0, 0.1) is 0 Å². The van der Waals surface area contributed by atoms with Gasteiger partial charge in [-0.15, -0.1) is 5.10 Å². The molecule has 2 aliphatic rings. The first-order valence-electron chi connectivity index (χ1n) is 12.4. The molecular formula is C29H20N4O7S. The number of carbonyl (C=O) groups excluding carboxylic acids is 4. The molecule has 1 unspecified atom stereocenters. The van der Waals surface area contributed by atoms with Crippen LogP contribution < -0.4 is 14.4 Å². The summed E-state index contributed by atoms with van der Waals surface area (Å²) in [7, 11) is 0. The van der Waals surface area contributed by atoms with Crippen molar-refractivity contribution in [3.05, 3.63) is 90.1 Å². The molecule has 0 bridgehead atoms. The lowest BCUT2D eigenvalue weighted by Gasteiger charge is -2.15. The summed E-state index contributed by atoms with van der Waals surface area (Å²) >= 11 is 1.05. The highest BCUT2D eigenvalue weighted by atomic mass is 32.2. The van der Waals surface area contributed by atoms with Crippen molar-refractivity contribution in [2.24, 2.45) is 0 Å². The molecule has 4 aromatic rings. The molecule has 0 radical (unpaired) electrons. The predicted octanol–water partition coefficient (Wildman–Crippen LogP) is 3.73. The Bertz CT molecular complexity index is 1660. The molecular weight excluding hydrogens is 548 g/mol. The summed E-state index contributed by atoms with van der Waals surface area (Å²) in [4.78, 5) is 56.2. The third kappa shape index (κ3) is 5.50. The molecule has 3 aromatic carbocycles. The van der Waals surface area contributed by atoms with Gasteiger partial charge in [-0.1, -0.05) is 42.1 Å². The van der Waals surface area contributed by atoms with E-state index in [1.807, 2.05) is 6.07 Å². The number of rotatable bonds is 8. The molecule has 12 heteroatoms. The van der Waals surface area contributed by atoms with Gasteiger partial charge in [-0.3, -0.25) is 14.4 Å². The van der Waals surface area contributed by atoms with Gasteiger partial charge >= 0.3 is 5.97 Å². The Kier molecular flexibility index (Phi) is 7.13. The van der Waals surface area contributed by atoms with E-state index in [0.29, 0.717) is 28.4 Å². The summed E-state index contributed by atoms with van der Waals surface area (Å²) in [5.41, 5.74) is 2.20. The molecule has 6 rings (SSSR count). The van der Waals surface area contributed by atoms with E-state index < -0.39 is 29.6 Å². The Morgan fingerprint density at radius 1 is 0.951 bits per heavy atom. The first-order chi connectivity index (χ1) is 20.0. The lowest BCUT2D eigenvalue weighted by molar-refractivity contribution is -0.121. The smallest absolute Gasteiger partial charge is 0.338 e. The van der Waals surface area contributed by atoms with E-state index in [4.69, 9.17) is 14.2 Å². The number of hydrogen-bond donors (Lipinski definition) is 0. The standard InChI is InChI=1S/C29H20N4O7S/c34-22(17-4-2-1-3-5-17)15-38-28(37)18-6-9-20(10-7-18)33-26(35)13-25(27(33)36)41-29-31-21(14-30-32-29)19-8-11-23-24(12-19)40-16-39-23/h1-12,14,25H,13,15-16H2. The number of anilines is 1. The third-order valence-corrected chi connectivity index (χ3v) is 7.39. The fourth-order valence-electron chi connectivity index (χ4n) is 4.30. The highest BCUT2D eigenvalue weighted by Gasteiger charge is 2.41. The number of hydrogen-bond acceptors (Lipinski definition) is 11. The molecule has 1 saturated heterocycles. The van der Waals surface area contributed by atoms with Crippen LogP contribution in [-0.4, -0.2) is 57.4 Å². The number of Topliss-reactive ketones (excluding diaryl/α,β-unsaturated/α-hetero) is 1. The van der Waals surface area contributed by atoms with E-state index in [1.165, 1.54) is 30.5 Å². The number of fused-ring (bicyclic) bond motifs is 1. The first-order valence-corrected chi connectivity index (χ1v) is 13.3. The van der Waals surface area contributed by atoms with Gasteiger partial charge in [-0.2, -0.15) is 5.10 Å². The maximum atomic E-state index is 13.2. The van der Waals surface area contributed by atoms with Crippen molar-refractivity contribution in [1.82, 2.24) is 15.2 Å². The van der Waals surface area contributed by atoms with Crippen molar-refractivity contribution in [2.45, 2.75) is 16.8 Å². The van der Waals surface area contributed by atoms with E-state index in [-0.39, 0.29) is 29.7 Å². The number of aromatic nitrogens is 3. The largest absolute Gasteiger partial charge is 0.454 e. The lowest BCUT2D eigenvalue weighted by Crippen LogP contribution is -2.31. The minimum absolute atomic E-state index is 0.0491. The molecule has 0 aliphatic carbocycles. The van der Waals surface area contributed by atoms with Crippen molar-refractivity contribution in [2.75, 3.05) is 18.3 Å². The van der Waals surface area contributed by atoms with Gasteiger partial charge in [-0.25, -0.2) is 14.7 Å². The Hall–Kier alpha value is -5.10. The van der Waals surface area contributed by atoms with Crippen LogP contribution in [0.15, 0.2) is 84.1 Å². The molecule has 3 heterocycles. The van der Waals surface area contributed by atoms with Crippen molar-refractivity contribution in [3.8, 4) is 22.8 Å². The number of ether oxygens (including phenoxy) is 3. The number of amides is 2. The Morgan fingerprint density at radius 3 is 2.54 bits per heavy atom. The van der Waals surface area contributed by atoms with Gasteiger partial charge < -0.3 is 14.2 Å². The summed E-state index contributed by atoms with van der Waals surface area (Å²) in [6.45, 7) is -0.252. The third-order valence-electron chi connectivity index (χ3n) is 6.35. The van der Waals surface area contributed by atoms with Crippen LogP contribution in [0.1, 0.15) is 27.1 Å². The molecule has 1 fully saturated rings. The van der Waals surface area contributed by atoms with E-state index >= 15 is 0 Å². The molecule has 204 valence electrons. The van der Waals surface area contributed by atoms with Crippen LogP contribution in [-0.2, 0) is 14.3 Å². The summed E-state index contributed by atoms with van der Waals surface area (Å²) < 4.78 is 15.9. The van der Waals surface area contributed by atoms with Crippen LogP contribution >= 0.6 is 11.8 Å². The minimum Gasteiger partial charge on any atom is -0.454 e. The average Bonchev–Trinajstić information content (AvgIpc) is 3.59. The SMILES string of the molecule is O=C(COC(=O)c1ccc(N2C(=O)CC(Sc3nncc(-c4ccc5c(c4)OCO5)n3)C2=O)cc1)c1ccccc1. The molecule has 0 spiro atoms. The van der Waals surface area contributed by atoms with Crippen molar-refractivity contribution < 1.29 is 33.4 Å². The lowest BCUT2D eigenvalue weighted by atomic mass is 10.1. The normalized spacial score (nSPS) is 15.7. The molecule has 1 atom stereocenters. The molecule has 2 amide bonds. The van der Waals surface area contributed by atoms with Crippen molar-refractivity contribution in [1.29, 1.82) is 0 Å². The molecule has 1 aromatic heterocycles. The van der Waals surface area contributed by atoms with Gasteiger partial charge in [0.25, 0.3) is 0 Å². The Labute approximate surface area is 237 Å². The topological polar surface area (TPSA) is 138 Å². The molecule has 2 aliphatic heterocycles. The Morgan fingerprint density at radius 2 is 1.73 bits per heavy atom. The summed E-state index contributed by atoms with van der Waals surface area (Å²) in [6.07, 6.45) is 1.45. The highest BCUT2D eigenvalue weighted by molar-refractivity contribution is 8.00. The highest BCUT2D eigenvalue weighted by Crippen LogP contribution is 2.36. The summed E-state index contributed by atoms with van der Waals surface area (Å²) in [6, 6.07) is 19.7. The molecule has 41 heavy (non-hydrogen) atoms. The van der Waals surface area contributed by atoms with Gasteiger partial charge in [0.05, 0.1) is 23.1 Å². The second-order valence-corrected chi connectivity index (χ2v) is 10.2. The summed E-state index contributed by atoms with van der Waals surface area (Å²) in [5.74, 6) is -0.601. The van der Waals surface area contributed by atoms with E-state index in [0.717, 1.165) is 22.2 Å². The monoisotopic (exact) mass is 568 g/mol. The van der Waals surface area contributed by atoms with E-state index in [9.17, 15) is 19.2 Å². The van der Waals surface area contributed by atoms with Gasteiger partial charge in [0.1, 0.15) is 5.25 Å². The van der Waals surface area contributed by atoms with Gasteiger partial charge in [0.2, 0.25) is 23.8 Å². The fraction of sp³-hybridized carbons (Fsp3) is 0.138. The van der Waals surface area contributed by atoms with Crippen LogP contribution in [0.5, 0.6) is 11.5 Å². The van der Waals surface area contributed by atoms with Crippen molar-refractivity contribution in [3.63, 3.8) is 0 Å². The average molecular weight is 569 g/mol. The second kappa shape index (κ2) is 11.2. The second-order valence-electron chi connectivity index (χ2n) is 8.98. The van der Waals surface area contributed by atoms with Gasteiger partial charge in [0.15, 0.2) is 23.9 Å². The number of esters is 1. The number of thioether (sulfide) groups is 1. The number of carbonyl (C=O) groups is 4. The zero-order valence-electron chi connectivity index (χ0n) is 21.3. The Balaban J connectivity index is 1.10. The van der Waals surface area contributed by atoms with Gasteiger partial charge in [-0.05, 0) is 42.5 Å². The zero-order valence-corrected chi connectivity index (χ0v) is 22.1. The first kappa shape index (κ1) is 26.1. The maximum Gasteiger partial charge on any atom is 0.338 e. The van der Waals surface area contributed by atoms with E-state index in [2.05, 4.69) is 15.2 Å². The van der Waals surface area contributed by atoms with Gasteiger partial charge in [0, 0.05) is 17.5 Å².